The third-order valence-corrected chi connectivity index (χ3v) is 5.21. The Morgan fingerprint density at radius 3 is 2.17 bits per heavy atom. The number of non-ortho nitro benzene ring substituents is 1. The van der Waals surface area contributed by atoms with Gasteiger partial charge in [0.2, 0.25) is 17.7 Å². The van der Waals surface area contributed by atoms with Gasteiger partial charge in [-0.1, -0.05) is 42.5 Å². The molecule has 11 heteroatoms. The molecule has 0 saturated carbocycles. The Balaban J connectivity index is 2.36. The van der Waals surface area contributed by atoms with Gasteiger partial charge in [-0.3, -0.25) is 29.3 Å². The quantitative estimate of drug-likeness (QED) is 0.232. The standard InChI is InChI=1S/C24H28N4O7/c1-3-35-21(30)14-19(17-9-11-18(12-10-17)28(33)34)22(23(25)31)27-24(32)20(26-15(2)29)13-16-7-5-4-6-8-16/h4-12,19-20,22H,3,13-14H2,1-2H3,(H2,25,31)(H,26,29)(H,27,32)/t19-,20-,22+/m0/s1. The van der Waals surface area contributed by atoms with Crippen LogP contribution in [0.5, 0.6) is 0 Å². The van der Waals surface area contributed by atoms with Crippen LogP contribution in [0.25, 0.3) is 0 Å². The van der Waals surface area contributed by atoms with Gasteiger partial charge in [-0.2, -0.15) is 0 Å². The second-order valence-electron chi connectivity index (χ2n) is 7.80. The van der Waals surface area contributed by atoms with Gasteiger partial charge in [0.1, 0.15) is 12.1 Å². The van der Waals surface area contributed by atoms with Gasteiger partial charge in [0.25, 0.3) is 5.69 Å². The Hall–Kier alpha value is -4.28. The molecule has 2 rings (SSSR count). The zero-order valence-electron chi connectivity index (χ0n) is 19.4. The van der Waals surface area contributed by atoms with E-state index >= 15 is 0 Å². The molecular weight excluding hydrogens is 456 g/mol. The minimum absolute atomic E-state index is 0.0983. The molecule has 0 unspecified atom stereocenters. The summed E-state index contributed by atoms with van der Waals surface area (Å²) in [4.78, 5) is 60.0. The van der Waals surface area contributed by atoms with Crippen LogP contribution in [0.2, 0.25) is 0 Å². The number of nitrogens with one attached hydrogen (secondary N) is 2. The van der Waals surface area contributed by atoms with E-state index in [2.05, 4.69) is 10.6 Å². The highest BCUT2D eigenvalue weighted by Gasteiger charge is 2.34. The van der Waals surface area contributed by atoms with Gasteiger partial charge in [0, 0.05) is 31.4 Å². The molecule has 0 aliphatic rings. The van der Waals surface area contributed by atoms with Crippen molar-refractivity contribution in [3.63, 3.8) is 0 Å². The zero-order chi connectivity index (χ0) is 26.0. The van der Waals surface area contributed by atoms with Crippen LogP contribution in [-0.4, -0.2) is 47.3 Å². The van der Waals surface area contributed by atoms with Crippen LogP contribution >= 0.6 is 0 Å². The highest BCUT2D eigenvalue weighted by atomic mass is 16.6. The van der Waals surface area contributed by atoms with Gasteiger partial charge < -0.3 is 21.1 Å². The lowest BCUT2D eigenvalue weighted by Gasteiger charge is -2.27. The second-order valence-corrected chi connectivity index (χ2v) is 7.80. The van der Waals surface area contributed by atoms with Gasteiger partial charge >= 0.3 is 5.97 Å². The number of hydrogen-bond acceptors (Lipinski definition) is 7. The lowest BCUT2D eigenvalue weighted by molar-refractivity contribution is -0.384. The van der Waals surface area contributed by atoms with Crippen LogP contribution in [-0.2, 0) is 30.3 Å². The van der Waals surface area contributed by atoms with Gasteiger partial charge in [-0.25, -0.2) is 0 Å². The SMILES string of the molecule is CCOC(=O)C[C@@H](c1ccc([N+](=O)[O-])cc1)[C@@H](NC(=O)[C@H](Cc1ccccc1)NC(C)=O)C(N)=O. The Labute approximate surface area is 202 Å². The van der Waals surface area contributed by atoms with Crippen molar-refractivity contribution in [3.05, 3.63) is 75.8 Å². The zero-order valence-corrected chi connectivity index (χ0v) is 19.4. The summed E-state index contributed by atoms with van der Waals surface area (Å²) in [5.74, 6) is -3.66. The number of ether oxygens (including phenoxy) is 1. The number of esters is 1. The van der Waals surface area contributed by atoms with Crippen molar-refractivity contribution < 1.29 is 28.8 Å². The molecule has 0 aliphatic carbocycles. The smallest absolute Gasteiger partial charge is 0.306 e. The maximum Gasteiger partial charge on any atom is 0.306 e. The van der Waals surface area contributed by atoms with Crippen molar-refractivity contribution in [2.45, 2.75) is 44.7 Å². The van der Waals surface area contributed by atoms with E-state index in [9.17, 15) is 29.3 Å². The van der Waals surface area contributed by atoms with E-state index in [-0.39, 0.29) is 25.1 Å². The fraction of sp³-hybridized carbons (Fsp3) is 0.333. The van der Waals surface area contributed by atoms with Crippen LogP contribution in [0.1, 0.15) is 37.3 Å². The first kappa shape index (κ1) is 27.0. The number of benzene rings is 2. The lowest BCUT2D eigenvalue weighted by Crippen LogP contribution is -2.55. The summed E-state index contributed by atoms with van der Waals surface area (Å²) in [6.07, 6.45) is -0.166. The summed E-state index contributed by atoms with van der Waals surface area (Å²) in [6.45, 7) is 2.98. The summed E-state index contributed by atoms with van der Waals surface area (Å²) in [7, 11) is 0. The van der Waals surface area contributed by atoms with E-state index in [1.165, 1.54) is 31.2 Å². The Kier molecular flexibility index (Phi) is 9.88. The number of rotatable bonds is 12. The predicted octanol–water partition coefficient (Wildman–Crippen LogP) is 1.35. The number of carbonyl (C=O) groups excluding carboxylic acids is 4. The fourth-order valence-electron chi connectivity index (χ4n) is 3.60. The largest absolute Gasteiger partial charge is 0.466 e. The van der Waals surface area contributed by atoms with Gasteiger partial charge in [0.05, 0.1) is 18.0 Å². The minimum atomic E-state index is -1.36. The summed E-state index contributed by atoms with van der Waals surface area (Å²) in [5.41, 5.74) is 6.56. The summed E-state index contributed by atoms with van der Waals surface area (Å²) < 4.78 is 5.00. The van der Waals surface area contributed by atoms with Crippen LogP contribution in [0.15, 0.2) is 54.6 Å². The number of nitrogens with two attached hydrogens (primary N) is 1. The summed E-state index contributed by atoms with van der Waals surface area (Å²) in [6, 6.07) is 11.8. The number of nitrogens with zero attached hydrogens (tertiary/aromatic N) is 1. The molecule has 2 aromatic rings. The Morgan fingerprint density at radius 2 is 1.66 bits per heavy atom. The topological polar surface area (TPSA) is 171 Å². The number of hydrogen-bond donors (Lipinski definition) is 3. The molecule has 11 nitrogen and oxygen atoms in total. The van der Waals surface area contributed by atoms with Crippen molar-refractivity contribution in [1.29, 1.82) is 0 Å². The minimum Gasteiger partial charge on any atom is -0.466 e. The van der Waals surface area contributed by atoms with Crippen molar-refractivity contribution in [1.82, 2.24) is 10.6 Å². The molecule has 0 heterocycles. The molecule has 0 aliphatic heterocycles. The van der Waals surface area contributed by atoms with Crippen LogP contribution in [0.4, 0.5) is 5.69 Å². The van der Waals surface area contributed by atoms with E-state index in [4.69, 9.17) is 10.5 Å². The van der Waals surface area contributed by atoms with Gasteiger partial charge in [-0.15, -0.1) is 0 Å². The Bertz CT molecular complexity index is 1060. The molecule has 186 valence electrons. The Morgan fingerprint density at radius 1 is 1.03 bits per heavy atom. The molecule has 4 N–H and O–H groups in total. The molecule has 0 saturated heterocycles. The molecule has 0 aromatic heterocycles. The lowest BCUT2D eigenvalue weighted by atomic mass is 9.87. The number of amides is 3. The monoisotopic (exact) mass is 484 g/mol. The van der Waals surface area contributed by atoms with Crippen LogP contribution in [0.3, 0.4) is 0 Å². The fourth-order valence-corrected chi connectivity index (χ4v) is 3.60. The molecule has 3 atom stereocenters. The first-order valence-corrected chi connectivity index (χ1v) is 10.9. The molecule has 0 radical (unpaired) electrons. The maximum atomic E-state index is 13.1. The maximum absolute atomic E-state index is 13.1. The van der Waals surface area contributed by atoms with E-state index in [0.717, 1.165) is 5.56 Å². The first-order valence-electron chi connectivity index (χ1n) is 10.9. The average Bonchev–Trinajstić information content (AvgIpc) is 2.81. The van der Waals surface area contributed by atoms with Crippen molar-refractivity contribution in [2.75, 3.05) is 6.61 Å². The second kappa shape index (κ2) is 12.8. The summed E-state index contributed by atoms with van der Waals surface area (Å²) in [5, 5.41) is 16.1. The molecule has 0 bridgehead atoms. The van der Waals surface area contributed by atoms with Gasteiger partial charge in [0.15, 0.2) is 0 Å². The normalized spacial score (nSPS) is 13.1. The number of carbonyl (C=O) groups is 4. The van der Waals surface area contributed by atoms with Crippen molar-refractivity contribution >= 4 is 29.4 Å². The average molecular weight is 485 g/mol. The predicted molar refractivity (Wildman–Crippen MR) is 126 cm³/mol. The van der Waals surface area contributed by atoms with Crippen LogP contribution in [0, 0.1) is 10.1 Å². The highest BCUT2D eigenvalue weighted by molar-refractivity contribution is 5.92. The van der Waals surface area contributed by atoms with E-state index in [1.807, 2.05) is 6.07 Å². The summed E-state index contributed by atoms with van der Waals surface area (Å²) >= 11 is 0. The molecular formula is C24H28N4O7. The number of primary amides is 1. The van der Waals surface area contributed by atoms with E-state index in [1.54, 1.807) is 31.2 Å². The van der Waals surface area contributed by atoms with E-state index < -0.39 is 46.6 Å². The molecule has 3 amide bonds. The number of nitro groups is 1. The van der Waals surface area contributed by atoms with Crippen LogP contribution < -0.4 is 16.4 Å². The highest BCUT2D eigenvalue weighted by Crippen LogP contribution is 2.27. The van der Waals surface area contributed by atoms with E-state index in [0.29, 0.717) is 5.56 Å². The third kappa shape index (κ3) is 8.22. The molecule has 2 aromatic carbocycles. The third-order valence-electron chi connectivity index (χ3n) is 5.21. The van der Waals surface area contributed by atoms with Crippen molar-refractivity contribution in [3.8, 4) is 0 Å². The molecule has 0 spiro atoms. The first-order chi connectivity index (χ1) is 16.6. The number of nitro benzene ring substituents is 1. The molecule has 35 heavy (non-hydrogen) atoms. The van der Waals surface area contributed by atoms with Crippen molar-refractivity contribution in [2.24, 2.45) is 5.73 Å². The molecule has 0 fully saturated rings. The van der Waals surface area contributed by atoms with Gasteiger partial charge in [-0.05, 0) is 18.1 Å².